The molecule has 2 rings (SSSR count). The van der Waals surface area contributed by atoms with E-state index in [9.17, 15) is 5.11 Å². The summed E-state index contributed by atoms with van der Waals surface area (Å²) in [6.07, 6.45) is 3.86. The fraction of sp³-hybridized carbons (Fsp3) is 0.538. The molecule has 1 nitrogen and oxygen atoms in total. The molecule has 3 heteroatoms. The minimum absolute atomic E-state index is 0.530. The fourth-order valence-corrected chi connectivity index (χ4v) is 2.63. The number of benzene rings is 1. The average Bonchev–Trinajstić information content (AvgIpc) is 2.95. The van der Waals surface area contributed by atoms with Crippen molar-refractivity contribution in [3.8, 4) is 0 Å². The van der Waals surface area contributed by atoms with Gasteiger partial charge in [-0.2, -0.15) is 0 Å². The van der Waals surface area contributed by atoms with Crippen molar-refractivity contribution in [2.75, 3.05) is 0 Å². The predicted molar refractivity (Wildman–Crippen MR) is 68.1 cm³/mol. The molecule has 16 heavy (non-hydrogen) atoms. The van der Waals surface area contributed by atoms with Gasteiger partial charge in [0.05, 0.1) is 5.60 Å². The highest BCUT2D eigenvalue weighted by molar-refractivity contribution is 6.36. The van der Waals surface area contributed by atoms with Crippen molar-refractivity contribution in [1.29, 1.82) is 0 Å². The molecule has 0 aliphatic heterocycles. The Bertz CT molecular complexity index is 363. The van der Waals surface area contributed by atoms with Gasteiger partial charge in [-0.1, -0.05) is 42.1 Å². The highest BCUT2D eigenvalue weighted by atomic mass is 35.5. The molecule has 1 N–H and O–H groups in total. The van der Waals surface area contributed by atoms with Gasteiger partial charge in [-0.05, 0) is 37.0 Å². The molecule has 0 heterocycles. The SMILES string of the molecule is CC(O)(Cc1c(Cl)cccc1Cl)CC1CC1. The Hall–Kier alpha value is -0.240. The van der Waals surface area contributed by atoms with Crippen LogP contribution in [-0.4, -0.2) is 10.7 Å². The zero-order chi connectivity index (χ0) is 11.8. The van der Waals surface area contributed by atoms with E-state index >= 15 is 0 Å². The lowest BCUT2D eigenvalue weighted by Gasteiger charge is -2.24. The Morgan fingerprint density at radius 1 is 1.31 bits per heavy atom. The van der Waals surface area contributed by atoms with Gasteiger partial charge >= 0.3 is 0 Å². The van der Waals surface area contributed by atoms with Gasteiger partial charge in [0.25, 0.3) is 0 Å². The second kappa shape index (κ2) is 4.56. The number of rotatable bonds is 4. The minimum atomic E-state index is -0.699. The first-order chi connectivity index (χ1) is 7.48. The largest absolute Gasteiger partial charge is 0.390 e. The number of halogens is 2. The highest BCUT2D eigenvalue weighted by Gasteiger charge is 2.32. The number of hydrogen-bond acceptors (Lipinski definition) is 1. The molecule has 1 aromatic carbocycles. The standard InChI is InChI=1S/C13H16Cl2O/c1-13(16,7-9-5-6-9)8-10-11(14)3-2-4-12(10)15/h2-4,9,16H,5-8H2,1H3. The first-order valence-corrected chi connectivity index (χ1v) is 6.39. The maximum absolute atomic E-state index is 10.3. The van der Waals surface area contributed by atoms with Crippen molar-refractivity contribution in [3.05, 3.63) is 33.8 Å². The van der Waals surface area contributed by atoms with Crippen LogP contribution in [0.3, 0.4) is 0 Å². The van der Waals surface area contributed by atoms with E-state index in [-0.39, 0.29) is 0 Å². The van der Waals surface area contributed by atoms with E-state index in [1.165, 1.54) is 12.8 Å². The summed E-state index contributed by atoms with van der Waals surface area (Å²) in [4.78, 5) is 0. The van der Waals surface area contributed by atoms with Gasteiger partial charge < -0.3 is 5.11 Å². The van der Waals surface area contributed by atoms with E-state index in [2.05, 4.69) is 0 Å². The van der Waals surface area contributed by atoms with Crippen LogP contribution in [-0.2, 0) is 6.42 Å². The molecule has 88 valence electrons. The molecule has 0 saturated heterocycles. The molecule has 1 saturated carbocycles. The van der Waals surface area contributed by atoms with Crippen LogP contribution in [0.4, 0.5) is 0 Å². The third-order valence-electron chi connectivity index (χ3n) is 3.04. The van der Waals surface area contributed by atoms with Crippen molar-refractivity contribution in [2.45, 2.75) is 38.2 Å². The number of hydrogen-bond donors (Lipinski definition) is 1. The lowest BCUT2D eigenvalue weighted by atomic mass is 9.91. The Balaban J connectivity index is 2.12. The normalized spacial score (nSPS) is 19.5. The molecule has 0 spiro atoms. The maximum atomic E-state index is 10.3. The summed E-state index contributed by atoms with van der Waals surface area (Å²) in [5.74, 6) is 0.691. The van der Waals surface area contributed by atoms with E-state index in [1.54, 1.807) is 0 Å². The van der Waals surface area contributed by atoms with Gasteiger partial charge in [-0.3, -0.25) is 0 Å². The van der Waals surface area contributed by atoms with E-state index in [0.29, 0.717) is 22.4 Å². The first-order valence-electron chi connectivity index (χ1n) is 5.63. The topological polar surface area (TPSA) is 20.2 Å². The summed E-state index contributed by atoms with van der Waals surface area (Å²) in [7, 11) is 0. The van der Waals surface area contributed by atoms with Crippen LogP contribution in [0.1, 0.15) is 31.7 Å². The molecule has 0 aromatic heterocycles. The molecular weight excluding hydrogens is 243 g/mol. The van der Waals surface area contributed by atoms with Crippen molar-refractivity contribution in [2.24, 2.45) is 5.92 Å². The fourth-order valence-electron chi connectivity index (χ4n) is 2.10. The van der Waals surface area contributed by atoms with Crippen molar-refractivity contribution < 1.29 is 5.11 Å². The lowest BCUT2D eigenvalue weighted by molar-refractivity contribution is 0.0455. The van der Waals surface area contributed by atoms with Crippen LogP contribution in [0.15, 0.2) is 18.2 Å². The Morgan fingerprint density at radius 3 is 2.38 bits per heavy atom. The van der Waals surface area contributed by atoms with Gasteiger partial charge in [0.15, 0.2) is 0 Å². The zero-order valence-electron chi connectivity index (χ0n) is 9.34. The molecule has 0 radical (unpaired) electrons. The summed E-state index contributed by atoms with van der Waals surface area (Å²) in [6, 6.07) is 5.45. The van der Waals surface area contributed by atoms with Crippen molar-refractivity contribution >= 4 is 23.2 Å². The smallest absolute Gasteiger partial charge is 0.0663 e. The van der Waals surface area contributed by atoms with Crippen LogP contribution in [0.2, 0.25) is 10.0 Å². The van der Waals surface area contributed by atoms with Crippen LogP contribution in [0, 0.1) is 5.92 Å². The molecule has 0 bridgehead atoms. The quantitative estimate of drug-likeness (QED) is 0.863. The van der Waals surface area contributed by atoms with E-state index in [0.717, 1.165) is 12.0 Å². The van der Waals surface area contributed by atoms with Gasteiger partial charge in [0.2, 0.25) is 0 Å². The van der Waals surface area contributed by atoms with E-state index in [1.807, 2.05) is 25.1 Å². The molecule has 1 atom stereocenters. The van der Waals surface area contributed by atoms with Crippen LogP contribution >= 0.6 is 23.2 Å². The molecular formula is C13H16Cl2O. The van der Waals surface area contributed by atoms with E-state index in [4.69, 9.17) is 23.2 Å². The second-order valence-corrected chi connectivity index (χ2v) is 5.84. The monoisotopic (exact) mass is 258 g/mol. The van der Waals surface area contributed by atoms with Crippen molar-refractivity contribution in [3.63, 3.8) is 0 Å². The summed E-state index contributed by atoms with van der Waals surface area (Å²) < 4.78 is 0. The first kappa shape index (κ1) is 12.2. The summed E-state index contributed by atoms with van der Waals surface area (Å²) in [6.45, 7) is 1.87. The molecule has 1 unspecified atom stereocenters. The molecule has 0 amide bonds. The Morgan fingerprint density at radius 2 is 1.88 bits per heavy atom. The Labute approximate surface area is 106 Å². The third-order valence-corrected chi connectivity index (χ3v) is 3.75. The molecule has 1 aliphatic carbocycles. The minimum Gasteiger partial charge on any atom is -0.390 e. The third kappa shape index (κ3) is 3.13. The van der Waals surface area contributed by atoms with Gasteiger partial charge in [0.1, 0.15) is 0 Å². The van der Waals surface area contributed by atoms with Crippen LogP contribution in [0.25, 0.3) is 0 Å². The summed E-state index contributed by atoms with van der Waals surface area (Å²) in [5, 5.41) is 11.6. The van der Waals surface area contributed by atoms with Gasteiger partial charge in [0, 0.05) is 16.5 Å². The zero-order valence-corrected chi connectivity index (χ0v) is 10.9. The predicted octanol–water partition coefficient (Wildman–Crippen LogP) is 4.09. The molecule has 1 fully saturated rings. The number of aliphatic hydroxyl groups is 1. The average molecular weight is 259 g/mol. The summed E-state index contributed by atoms with van der Waals surface area (Å²) >= 11 is 12.2. The molecule has 1 aromatic rings. The summed E-state index contributed by atoms with van der Waals surface area (Å²) in [5.41, 5.74) is 0.159. The Kier molecular flexibility index (Phi) is 3.48. The maximum Gasteiger partial charge on any atom is 0.0663 e. The highest BCUT2D eigenvalue weighted by Crippen LogP contribution is 2.39. The van der Waals surface area contributed by atoms with Crippen LogP contribution in [0.5, 0.6) is 0 Å². The van der Waals surface area contributed by atoms with Gasteiger partial charge in [-0.15, -0.1) is 0 Å². The second-order valence-electron chi connectivity index (χ2n) is 5.02. The van der Waals surface area contributed by atoms with Crippen LogP contribution < -0.4 is 0 Å². The lowest BCUT2D eigenvalue weighted by Crippen LogP contribution is -2.28. The molecule has 1 aliphatic rings. The van der Waals surface area contributed by atoms with E-state index < -0.39 is 5.60 Å². The van der Waals surface area contributed by atoms with Gasteiger partial charge in [-0.25, -0.2) is 0 Å². The van der Waals surface area contributed by atoms with Crippen molar-refractivity contribution in [1.82, 2.24) is 0 Å².